The smallest absolute Gasteiger partial charge is 0.362 e. The third kappa shape index (κ3) is 44.5. The molecule has 0 aliphatic rings. The van der Waals surface area contributed by atoms with E-state index in [0.717, 1.165) is 64.2 Å². The van der Waals surface area contributed by atoms with E-state index in [4.69, 9.17) is 14.2 Å². The van der Waals surface area contributed by atoms with E-state index in [2.05, 4.69) is 62.5 Å². The molecule has 0 aliphatic heterocycles. The molecular weight excluding hydrogens is 799 g/mol. The van der Waals surface area contributed by atoms with Crippen molar-refractivity contribution in [2.24, 2.45) is 0 Å². The van der Waals surface area contributed by atoms with Gasteiger partial charge in [0, 0.05) is 19.3 Å². The van der Waals surface area contributed by atoms with E-state index in [-0.39, 0.29) is 36.2 Å². The molecule has 1 N–H and O–H groups in total. The molecule has 0 aromatic rings. The Bertz CT molecular complexity index is 1190. The van der Waals surface area contributed by atoms with Crippen molar-refractivity contribution in [1.82, 2.24) is 0 Å². The summed E-state index contributed by atoms with van der Waals surface area (Å²) in [5.41, 5.74) is 0. The van der Waals surface area contributed by atoms with Crippen LogP contribution in [-0.4, -0.2) is 80.6 Å². The molecule has 0 saturated carbocycles. The van der Waals surface area contributed by atoms with E-state index < -0.39 is 18.1 Å². The van der Waals surface area contributed by atoms with Crippen LogP contribution in [0.3, 0.4) is 0 Å². The van der Waals surface area contributed by atoms with Gasteiger partial charge in [-0.05, 0) is 70.6 Å². The van der Waals surface area contributed by atoms with Crippen molar-refractivity contribution in [3.63, 3.8) is 0 Å². The SMILES string of the molecule is CC/C=C/C/C=C/C/C=C/CCCCCCCCCCCC(=O)OC(COCCC(C(=O)O)[N+](C)(C)C)COC(=O)CCCCCCCCC/C=C/CCCCCCCCCCCC. The summed E-state index contributed by atoms with van der Waals surface area (Å²) in [6.07, 6.45) is 57.3. The number of esters is 2. The number of quaternary nitrogens is 1. The van der Waals surface area contributed by atoms with E-state index in [1.807, 2.05) is 21.1 Å². The predicted molar refractivity (Wildman–Crippen MR) is 271 cm³/mol. The van der Waals surface area contributed by atoms with Gasteiger partial charge in [-0.1, -0.05) is 197 Å². The highest BCUT2D eigenvalue weighted by atomic mass is 16.6. The zero-order valence-electron chi connectivity index (χ0n) is 42.5. The first-order valence-corrected chi connectivity index (χ1v) is 26.7. The number of carbonyl (C=O) groups is 3. The Balaban J connectivity index is 4.22. The fourth-order valence-corrected chi connectivity index (χ4v) is 7.87. The summed E-state index contributed by atoms with van der Waals surface area (Å²) < 4.78 is 17.4. The van der Waals surface area contributed by atoms with Crippen LogP contribution in [0.4, 0.5) is 0 Å². The van der Waals surface area contributed by atoms with Crippen LogP contribution in [0, 0.1) is 0 Å². The van der Waals surface area contributed by atoms with E-state index >= 15 is 0 Å². The number of carbonyl (C=O) groups excluding carboxylic acids is 2. The highest BCUT2D eigenvalue weighted by Gasteiger charge is 2.31. The predicted octanol–water partition coefficient (Wildman–Crippen LogP) is 15.5. The summed E-state index contributed by atoms with van der Waals surface area (Å²) in [7, 11) is 5.54. The number of hydrogen-bond acceptors (Lipinski definition) is 6. The van der Waals surface area contributed by atoms with Gasteiger partial charge >= 0.3 is 17.9 Å². The highest BCUT2D eigenvalue weighted by Crippen LogP contribution is 2.16. The number of hydrogen-bond donors (Lipinski definition) is 1. The molecule has 0 aromatic carbocycles. The van der Waals surface area contributed by atoms with Gasteiger partial charge in [0.2, 0.25) is 0 Å². The lowest BCUT2D eigenvalue weighted by molar-refractivity contribution is -0.887. The average molecular weight is 901 g/mol. The standard InChI is InChI=1S/C56H101NO7/c1-6-8-10-12-14-16-18-20-22-24-26-27-29-30-32-34-36-38-40-42-44-46-54(58)63-51-52(50-62-49-48-53(56(60)61)57(3,4)5)64-55(59)47-45-43-41-39-37-35-33-31-28-25-23-21-19-17-15-13-11-9-7-2/h9,11,15,17,21,23,27,29,52-53H,6-8,10,12-14,16,18-20,22,24-26,28,30-51H2,1-5H3/p+1/b11-9+,17-15+,23-21+,29-27+. The molecule has 0 rings (SSSR count). The number of rotatable bonds is 48. The van der Waals surface area contributed by atoms with Crippen molar-refractivity contribution in [1.29, 1.82) is 0 Å². The average Bonchev–Trinajstić information content (AvgIpc) is 3.26. The first-order chi connectivity index (χ1) is 31.1. The molecule has 2 unspecified atom stereocenters. The van der Waals surface area contributed by atoms with Crippen molar-refractivity contribution in [3.8, 4) is 0 Å². The first kappa shape index (κ1) is 61.3. The van der Waals surface area contributed by atoms with Crippen LogP contribution < -0.4 is 0 Å². The Labute approximate surface area is 395 Å². The molecule has 0 amide bonds. The number of unbranched alkanes of at least 4 members (excludes halogenated alkanes) is 26. The summed E-state index contributed by atoms with van der Waals surface area (Å²) >= 11 is 0. The van der Waals surface area contributed by atoms with E-state index in [9.17, 15) is 19.5 Å². The lowest BCUT2D eigenvalue weighted by Gasteiger charge is -2.31. The molecule has 8 heteroatoms. The molecule has 372 valence electrons. The fourth-order valence-electron chi connectivity index (χ4n) is 7.87. The van der Waals surface area contributed by atoms with Crippen LogP contribution in [0.5, 0.6) is 0 Å². The number of ether oxygens (including phenoxy) is 3. The molecule has 2 atom stereocenters. The minimum Gasteiger partial charge on any atom is -0.477 e. The molecule has 0 radical (unpaired) electrons. The van der Waals surface area contributed by atoms with Gasteiger partial charge in [0.15, 0.2) is 12.1 Å². The van der Waals surface area contributed by atoms with Crippen LogP contribution in [0.15, 0.2) is 48.6 Å². The molecule has 0 saturated heterocycles. The van der Waals surface area contributed by atoms with Gasteiger partial charge in [-0.25, -0.2) is 4.79 Å². The largest absolute Gasteiger partial charge is 0.477 e. The Morgan fingerprint density at radius 3 is 1.31 bits per heavy atom. The maximum Gasteiger partial charge on any atom is 0.362 e. The van der Waals surface area contributed by atoms with Crippen molar-refractivity contribution < 1.29 is 38.2 Å². The third-order valence-electron chi connectivity index (χ3n) is 12.0. The second kappa shape index (κ2) is 46.8. The number of allylic oxidation sites excluding steroid dienone is 8. The molecule has 64 heavy (non-hydrogen) atoms. The maximum atomic E-state index is 12.8. The summed E-state index contributed by atoms with van der Waals surface area (Å²) in [5.74, 6) is -1.47. The molecule has 0 aliphatic carbocycles. The van der Waals surface area contributed by atoms with Crippen LogP contribution >= 0.6 is 0 Å². The van der Waals surface area contributed by atoms with Crippen molar-refractivity contribution in [2.75, 3.05) is 41.0 Å². The summed E-state index contributed by atoms with van der Waals surface area (Å²) in [5, 5.41) is 9.66. The van der Waals surface area contributed by atoms with Crippen molar-refractivity contribution >= 4 is 17.9 Å². The number of nitrogens with zero attached hydrogens (tertiary/aromatic N) is 1. The van der Waals surface area contributed by atoms with Gasteiger partial charge in [-0.2, -0.15) is 0 Å². The van der Waals surface area contributed by atoms with Gasteiger partial charge in [0.05, 0.1) is 34.4 Å². The first-order valence-electron chi connectivity index (χ1n) is 26.7. The summed E-state index contributed by atoms with van der Waals surface area (Å²) in [6.45, 7) is 4.65. The summed E-state index contributed by atoms with van der Waals surface area (Å²) in [4.78, 5) is 37.2. The molecule has 8 nitrogen and oxygen atoms in total. The van der Waals surface area contributed by atoms with Gasteiger partial charge in [-0.15, -0.1) is 0 Å². The molecule has 0 aromatic heterocycles. The zero-order valence-corrected chi connectivity index (χ0v) is 42.5. The molecular formula is C56H102NO7+. The minimum absolute atomic E-state index is 0.0548. The van der Waals surface area contributed by atoms with E-state index in [0.29, 0.717) is 19.3 Å². The van der Waals surface area contributed by atoms with Crippen LogP contribution in [0.1, 0.15) is 239 Å². The summed E-state index contributed by atoms with van der Waals surface area (Å²) in [6, 6.07) is -0.617. The Morgan fingerprint density at radius 1 is 0.484 bits per heavy atom. The zero-order chi connectivity index (χ0) is 47.0. The number of carboxylic acid groups (broad SMARTS) is 1. The minimum atomic E-state index is -0.875. The Kier molecular flexibility index (Phi) is 44.8. The van der Waals surface area contributed by atoms with Crippen LogP contribution in [-0.2, 0) is 28.6 Å². The highest BCUT2D eigenvalue weighted by molar-refractivity contribution is 5.72. The molecule has 0 bridgehead atoms. The lowest BCUT2D eigenvalue weighted by atomic mass is 10.1. The van der Waals surface area contributed by atoms with Gasteiger partial charge < -0.3 is 23.8 Å². The molecule has 0 fully saturated rings. The second-order valence-electron chi connectivity index (χ2n) is 19.1. The topological polar surface area (TPSA) is 99.1 Å². The second-order valence-corrected chi connectivity index (χ2v) is 19.1. The Morgan fingerprint density at radius 2 is 0.875 bits per heavy atom. The van der Waals surface area contributed by atoms with Crippen LogP contribution in [0.2, 0.25) is 0 Å². The maximum absolute atomic E-state index is 12.8. The quantitative estimate of drug-likeness (QED) is 0.0281. The number of carboxylic acids is 1. The monoisotopic (exact) mass is 901 g/mol. The van der Waals surface area contributed by atoms with Gasteiger partial charge in [-0.3, -0.25) is 9.59 Å². The van der Waals surface area contributed by atoms with Crippen molar-refractivity contribution in [2.45, 2.75) is 251 Å². The Hall–Kier alpha value is -2.71. The normalized spacial score (nSPS) is 13.2. The van der Waals surface area contributed by atoms with Gasteiger partial charge in [0.25, 0.3) is 0 Å². The van der Waals surface area contributed by atoms with Crippen molar-refractivity contribution in [3.05, 3.63) is 48.6 Å². The molecule has 0 heterocycles. The number of aliphatic carboxylic acids is 1. The van der Waals surface area contributed by atoms with E-state index in [1.54, 1.807) is 0 Å². The van der Waals surface area contributed by atoms with E-state index in [1.165, 1.54) is 141 Å². The number of likely N-dealkylation sites (N-methyl/N-ethyl adjacent to an activating group) is 1. The fraction of sp³-hybridized carbons (Fsp3) is 0.804. The third-order valence-corrected chi connectivity index (χ3v) is 12.0. The van der Waals surface area contributed by atoms with Gasteiger partial charge in [0.1, 0.15) is 6.61 Å². The lowest BCUT2D eigenvalue weighted by Crippen LogP contribution is -2.50. The van der Waals surface area contributed by atoms with Crippen LogP contribution in [0.25, 0.3) is 0 Å². The molecule has 0 spiro atoms.